The third-order valence-corrected chi connectivity index (χ3v) is 4.46. The van der Waals surface area contributed by atoms with E-state index in [1.165, 1.54) is 31.2 Å². The maximum absolute atomic E-state index is 13.5. The first-order valence-electron chi connectivity index (χ1n) is 8.08. The molecule has 142 valence electrons. The van der Waals surface area contributed by atoms with Crippen molar-refractivity contribution in [3.05, 3.63) is 59.6 Å². The first-order valence-corrected chi connectivity index (χ1v) is 8.08. The van der Waals surface area contributed by atoms with Crippen LogP contribution in [0.2, 0.25) is 0 Å². The van der Waals surface area contributed by atoms with Gasteiger partial charge in [-0.05, 0) is 36.8 Å². The van der Waals surface area contributed by atoms with Crippen LogP contribution in [0, 0.1) is 11.6 Å². The van der Waals surface area contributed by atoms with E-state index in [0.29, 0.717) is 5.76 Å². The van der Waals surface area contributed by atoms with Crippen molar-refractivity contribution in [2.24, 2.45) is 0 Å². The third-order valence-electron chi connectivity index (χ3n) is 4.46. The van der Waals surface area contributed by atoms with Gasteiger partial charge in [-0.1, -0.05) is 6.07 Å². The standard InChI is InChI=1S/C18H17F2N3O4/c1-18(11-5-6-13(19)14(20)8-11)16(25)23(17(26)21-18)10-15(24)22(2)9-12-4-3-7-27-12/h3-8H,9-10H2,1-2H3,(H,21,26)/t18-/m1/s1. The van der Waals surface area contributed by atoms with Crippen molar-refractivity contribution in [1.29, 1.82) is 0 Å². The first-order chi connectivity index (χ1) is 12.7. The Hall–Kier alpha value is -3.23. The minimum absolute atomic E-state index is 0.0821. The third kappa shape index (κ3) is 3.40. The lowest BCUT2D eigenvalue weighted by Crippen LogP contribution is -2.43. The predicted octanol–water partition coefficient (Wildman–Crippen LogP) is 1.98. The number of hydrogen-bond donors (Lipinski definition) is 1. The van der Waals surface area contributed by atoms with Gasteiger partial charge in [0.2, 0.25) is 5.91 Å². The fraction of sp³-hybridized carbons (Fsp3) is 0.278. The summed E-state index contributed by atoms with van der Waals surface area (Å²) < 4.78 is 31.9. The molecule has 0 saturated carbocycles. The van der Waals surface area contributed by atoms with Crippen LogP contribution >= 0.6 is 0 Å². The number of carbonyl (C=O) groups excluding carboxylic acids is 3. The molecule has 4 amide bonds. The number of urea groups is 1. The summed E-state index contributed by atoms with van der Waals surface area (Å²) in [5.41, 5.74) is -1.51. The van der Waals surface area contributed by atoms with Crippen LogP contribution in [0.1, 0.15) is 18.2 Å². The number of benzene rings is 1. The van der Waals surface area contributed by atoms with Gasteiger partial charge in [0.15, 0.2) is 11.6 Å². The molecule has 9 heteroatoms. The minimum Gasteiger partial charge on any atom is -0.467 e. The summed E-state index contributed by atoms with van der Waals surface area (Å²) in [7, 11) is 1.51. The second-order valence-electron chi connectivity index (χ2n) is 6.40. The Morgan fingerprint density at radius 3 is 2.63 bits per heavy atom. The van der Waals surface area contributed by atoms with Crippen molar-refractivity contribution >= 4 is 17.8 Å². The summed E-state index contributed by atoms with van der Waals surface area (Å²) in [4.78, 5) is 39.4. The highest BCUT2D eigenvalue weighted by Crippen LogP contribution is 2.29. The van der Waals surface area contributed by atoms with Gasteiger partial charge >= 0.3 is 6.03 Å². The molecule has 0 unspecified atom stereocenters. The molecule has 0 spiro atoms. The van der Waals surface area contributed by atoms with Crippen LogP contribution < -0.4 is 5.32 Å². The average molecular weight is 377 g/mol. The molecule has 0 radical (unpaired) electrons. The second-order valence-corrected chi connectivity index (χ2v) is 6.40. The fourth-order valence-corrected chi connectivity index (χ4v) is 2.82. The molecule has 1 N–H and O–H groups in total. The lowest BCUT2D eigenvalue weighted by atomic mass is 9.92. The smallest absolute Gasteiger partial charge is 0.325 e. The van der Waals surface area contributed by atoms with E-state index in [9.17, 15) is 23.2 Å². The summed E-state index contributed by atoms with van der Waals surface area (Å²) in [6.07, 6.45) is 1.47. The number of imide groups is 1. The molecular weight excluding hydrogens is 360 g/mol. The summed E-state index contributed by atoms with van der Waals surface area (Å²) in [5.74, 6) is -2.86. The molecule has 3 rings (SSSR count). The van der Waals surface area contributed by atoms with Gasteiger partial charge < -0.3 is 14.6 Å². The molecule has 1 aromatic carbocycles. The predicted molar refractivity (Wildman–Crippen MR) is 89.1 cm³/mol. The molecular formula is C18H17F2N3O4. The molecule has 1 saturated heterocycles. The van der Waals surface area contributed by atoms with E-state index in [-0.39, 0.29) is 12.1 Å². The SMILES string of the molecule is CN(Cc1ccco1)C(=O)CN1C(=O)N[C@](C)(c2ccc(F)c(F)c2)C1=O. The Labute approximate surface area is 153 Å². The van der Waals surface area contributed by atoms with E-state index in [0.717, 1.165) is 17.0 Å². The number of halogens is 2. The second kappa shape index (κ2) is 6.82. The van der Waals surface area contributed by atoms with Crippen LogP contribution in [0.25, 0.3) is 0 Å². The first kappa shape index (κ1) is 18.6. The number of carbonyl (C=O) groups is 3. The zero-order valence-electron chi connectivity index (χ0n) is 14.7. The lowest BCUT2D eigenvalue weighted by Gasteiger charge is -2.23. The number of likely N-dealkylation sites (N-methyl/N-ethyl adjacent to an activating group) is 1. The number of rotatable bonds is 5. The zero-order chi connectivity index (χ0) is 19.8. The molecule has 2 heterocycles. The van der Waals surface area contributed by atoms with Crippen LogP contribution in [-0.4, -0.2) is 41.2 Å². The van der Waals surface area contributed by atoms with E-state index in [1.54, 1.807) is 12.1 Å². The lowest BCUT2D eigenvalue weighted by molar-refractivity contribution is -0.138. The number of nitrogens with one attached hydrogen (secondary N) is 1. The molecule has 1 aliphatic heterocycles. The van der Waals surface area contributed by atoms with E-state index in [2.05, 4.69) is 5.32 Å². The number of amides is 4. The quantitative estimate of drug-likeness (QED) is 0.808. The van der Waals surface area contributed by atoms with Crippen molar-refractivity contribution in [1.82, 2.24) is 15.1 Å². The number of nitrogens with zero attached hydrogens (tertiary/aromatic N) is 2. The molecule has 2 aromatic rings. The van der Waals surface area contributed by atoms with Crippen molar-refractivity contribution in [3.63, 3.8) is 0 Å². The maximum Gasteiger partial charge on any atom is 0.325 e. The van der Waals surface area contributed by atoms with Crippen molar-refractivity contribution in [3.8, 4) is 0 Å². The van der Waals surface area contributed by atoms with E-state index < -0.39 is 41.6 Å². The van der Waals surface area contributed by atoms with Gasteiger partial charge in [0.25, 0.3) is 5.91 Å². The Morgan fingerprint density at radius 1 is 1.26 bits per heavy atom. The molecule has 0 bridgehead atoms. The Kier molecular flexibility index (Phi) is 4.69. The van der Waals surface area contributed by atoms with E-state index in [4.69, 9.17) is 4.42 Å². The summed E-state index contributed by atoms with van der Waals surface area (Å²) in [5, 5.41) is 2.44. The highest BCUT2D eigenvalue weighted by Gasteiger charge is 2.49. The number of furan rings is 1. The maximum atomic E-state index is 13.5. The highest BCUT2D eigenvalue weighted by atomic mass is 19.2. The van der Waals surface area contributed by atoms with Crippen molar-refractivity contribution < 1.29 is 27.6 Å². The molecule has 27 heavy (non-hydrogen) atoms. The van der Waals surface area contributed by atoms with Gasteiger partial charge in [-0.2, -0.15) is 0 Å². The van der Waals surface area contributed by atoms with Gasteiger partial charge in [-0.3, -0.25) is 14.5 Å². The topological polar surface area (TPSA) is 82.9 Å². The van der Waals surface area contributed by atoms with Gasteiger partial charge in [0.1, 0.15) is 17.8 Å². The highest BCUT2D eigenvalue weighted by molar-refractivity contribution is 6.09. The monoisotopic (exact) mass is 377 g/mol. The van der Waals surface area contributed by atoms with Gasteiger partial charge in [0.05, 0.1) is 12.8 Å². The zero-order valence-corrected chi connectivity index (χ0v) is 14.7. The molecule has 1 aliphatic rings. The van der Waals surface area contributed by atoms with Crippen molar-refractivity contribution in [2.75, 3.05) is 13.6 Å². The van der Waals surface area contributed by atoms with Crippen LogP contribution in [-0.2, 0) is 21.7 Å². The van der Waals surface area contributed by atoms with E-state index >= 15 is 0 Å². The molecule has 1 atom stereocenters. The Bertz CT molecular complexity index is 900. The van der Waals surface area contributed by atoms with E-state index in [1.807, 2.05) is 0 Å². The van der Waals surface area contributed by atoms with Crippen LogP contribution in [0.3, 0.4) is 0 Å². The largest absolute Gasteiger partial charge is 0.467 e. The van der Waals surface area contributed by atoms with Crippen molar-refractivity contribution in [2.45, 2.75) is 19.0 Å². The van der Waals surface area contributed by atoms with Gasteiger partial charge in [-0.15, -0.1) is 0 Å². The normalized spacial score (nSPS) is 19.3. The Balaban J connectivity index is 1.75. The van der Waals surface area contributed by atoms with Crippen LogP contribution in [0.15, 0.2) is 41.0 Å². The summed E-state index contributed by atoms with van der Waals surface area (Å²) in [6.45, 7) is 1.06. The molecule has 0 aliphatic carbocycles. The molecule has 1 aromatic heterocycles. The van der Waals surface area contributed by atoms with Gasteiger partial charge in [-0.25, -0.2) is 13.6 Å². The van der Waals surface area contributed by atoms with Crippen LogP contribution in [0.4, 0.5) is 13.6 Å². The Morgan fingerprint density at radius 2 is 2.00 bits per heavy atom. The average Bonchev–Trinajstić information content (AvgIpc) is 3.20. The molecule has 7 nitrogen and oxygen atoms in total. The summed E-state index contributed by atoms with van der Waals surface area (Å²) >= 11 is 0. The van der Waals surface area contributed by atoms with Crippen LogP contribution in [0.5, 0.6) is 0 Å². The minimum atomic E-state index is -1.59. The fourth-order valence-electron chi connectivity index (χ4n) is 2.82. The molecule has 1 fully saturated rings. The van der Waals surface area contributed by atoms with Gasteiger partial charge in [0, 0.05) is 7.05 Å². The number of hydrogen-bond acceptors (Lipinski definition) is 4. The summed E-state index contributed by atoms with van der Waals surface area (Å²) in [6, 6.07) is 5.52.